The third-order valence-electron chi connectivity index (χ3n) is 2.85. The van der Waals surface area contributed by atoms with Crippen molar-refractivity contribution in [2.24, 2.45) is 0 Å². The van der Waals surface area contributed by atoms with Crippen LogP contribution in [-0.4, -0.2) is 39.5 Å². The maximum Gasteiger partial charge on any atom is 0.0862 e. The number of aromatic nitrogens is 2. The molecule has 0 amide bonds. The minimum Gasteiger partial charge on any atom is -0.390 e. The van der Waals surface area contributed by atoms with Gasteiger partial charge in [0.15, 0.2) is 0 Å². The summed E-state index contributed by atoms with van der Waals surface area (Å²) in [5.41, 5.74) is 1.18. The highest BCUT2D eigenvalue weighted by molar-refractivity contribution is 6.30. The Morgan fingerprint density at radius 2 is 2.11 bits per heavy atom. The average Bonchev–Trinajstić information content (AvgIpc) is 2.84. The molecule has 0 unspecified atom stereocenters. The van der Waals surface area contributed by atoms with Crippen molar-refractivity contribution >= 4 is 11.6 Å². The van der Waals surface area contributed by atoms with Crippen LogP contribution in [0.25, 0.3) is 0 Å². The number of aliphatic hydroxyl groups excluding tert-OH is 1. The first-order chi connectivity index (χ1) is 9.13. The molecule has 0 bridgehead atoms. The minimum absolute atomic E-state index is 0.433. The highest BCUT2D eigenvalue weighted by Crippen LogP contribution is 2.11. The van der Waals surface area contributed by atoms with Gasteiger partial charge in [-0.15, -0.1) is 0 Å². The molecule has 1 atom stereocenters. The summed E-state index contributed by atoms with van der Waals surface area (Å²) in [6.45, 7) is 1.90. The number of hydrogen-bond acceptors (Lipinski definition) is 3. The number of nitrogens with zero attached hydrogens (tertiary/aromatic N) is 3. The van der Waals surface area contributed by atoms with E-state index in [-0.39, 0.29) is 0 Å². The fraction of sp³-hybridized carbons (Fsp3) is 0.357. The van der Waals surface area contributed by atoms with E-state index in [1.165, 1.54) is 5.56 Å². The van der Waals surface area contributed by atoms with Crippen molar-refractivity contribution in [3.05, 3.63) is 53.3 Å². The van der Waals surface area contributed by atoms with Crippen molar-refractivity contribution < 1.29 is 5.11 Å². The Kier molecular flexibility index (Phi) is 4.96. The number of likely N-dealkylation sites (N-methyl/N-ethyl adjacent to an activating group) is 1. The predicted octanol–water partition coefficient (Wildman–Crippen LogP) is 2.03. The van der Waals surface area contributed by atoms with Gasteiger partial charge >= 0.3 is 0 Å². The molecule has 1 heterocycles. The Hall–Kier alpha value is -1.36. The molecule has 1 aromatic heterocycles. The van der Waals surface area contributed by atoms with E-state index in [1.54, 1.807) is 10.9 Å². The Balaban J connectivity index is 1.80. The molecule has 1 aromatic carbocycles. The summed E-state index contributed by atoms with van der Waals surface area (Å²) in [6, 6.07) is 9.61. The van der Waals surface area contributed by atoms with E-state index >= 15 is 0 Å². The van der Waals surface area contributed by atoms with E-state index in [0.717, 1.165) is 11.6 Å². The van der Waals surface area contributed by atoms with Gasteiger partial charge in [-0.3, -0.25) is 9.58 Å². The topological polar surface area (TPSA) is 41.3 Å². The molecular weight excluding hydrogens is 262 g/mol. The van der Waals surface area contributed by atoms with Gasteiger partial charge in [-0.2, -0.15) is 5.10 Å². The molecular formula is C14H18ClN3O. The standard InChI is InChI=1S/C14H18ClN3O/c1-17(9-12-3-5-13(15)6-4-12)10-14(19)11-18-8-2-7-16-18/h2-8,14,19H,9-11H2,1H3/t14-/m0/s1. The summed E-state index contributed by atoms with van der Waals surface area (Å²) >= 11 is 5.85. The smallest absolute Gasteiger partial charge is 0.0862 e. The Morgan fingerprint density at radius 1 is 1.37 bits per heavy atom. The zero-order valence-corrected chi connectivity index (χ0v) is 11.7. The number of hydrogen-bond donors (Lipinski definition) is 1. The molecule has 2 rings (SSSR count). The molecule has 0 saturated heterocycles. The van der Waals surface area contributed by atoms with E-state index in [0.29, 0.717) is 13.1 Å². The number of rotatable bonds is 6. The maximum absolute atomic E-state index is 9.99. The molecule has 0 aliphatic heterocycles. The van der Waals surface area contributed by atoms with Crippen molar-refractivity contribution in [1.29, 1.82) is 0 Å². The van der Waals surface area contributed by atoms with Crippen LogP contribution < -0.4 is 0 Å². The van der Waals surface area contributed by atoms with Crippen molar-refractivity contribution in [3.8, 4) is 0 Å². The van der Waals surface area contributed by atoms with Crippen LogP contribution in [-0.2, 0) is 13.1 Å². The molecule has 0 aliphatic carbocycles. The molecule has 0 fully saturated rings. The third kappa shape index (κ3) is 4.67. The zero-order valence-electron chi connectivity index (χ0n) is 10.9. The monoisotopic (exact) mass is 279 g/mol. The van der Waals surface area contributed by atoms with Crippen LogP contribution in [0.3, 0.4) is 0 Å². The van der Waals surface area contributed by atoms with Crippen molar-refractivity contribution in [2.75, 3.05) is 13.6 Å². The van der Waals surface area contributed by atoms with E-state index in [9.17, 15) is 5.11 Å². The molecule has 0 saturated carbocycles. The van der Waals surface area contributed by atoms with Crippen molar-refractivity contribution in [1.82, 2.24) is 14.7 Å². The fourth-order valence-corrected chi connectivity index (χ4v) is 2.13. The second kappa shape index (κ2) is 6.70. The van der Waals surface area contributed by atoms with Crippen molar-refractivity contribution in [2.45, 2.75) is 19.2 Å². The van der Waals surface area contributed by atoms with Crippen LogP contribution in [0.2, 0.25) is 5.02 Å². The third-order valence-corrected chi connectivity index (χ3v) is 3.10. The van der Waals surface area contributed by atoms with Gasteiger partial charge in [0.2, 0.25) is 0 Å². The highest BCUT2D eigenvalue weighted by atomic mass is 35.5. The fourth-order valence-electron chi connectivity index (χ4n) is 2.01. The second-order valence-corrected chi connectivity index (χ2v) is 5.14. The molecule has 102 valence electrons. The Morgan fingerprint density at radius 3 is 2.74 bits per heavy atom. The van der Waals surface area contributed by atoms with Crippen LogP contribution in [0.15, 0.2) is 42.7 Å². The first-order valence-electron chi connectivity index (χ1n) is 6.22. The molecule has 1 N–H and O–H groups in total. The lowest BCUT2D eigenvalue weighted by Crippen LogP contribution is -2.31. The minimum atomic E-state index is -0.433. The number of benzene rings is 1. The molecule has 5 heteroatoms. The van der Waals surface area contributed by atoms with Crippen LogP contribution >= 0.6 is 11.6 Å². The van der Waals surface area contributed by atoms with E-state index in [4.69, 9.17) is 11.6 Å². The summed E-state index contributed by atoms with van der Waals surface area (Å²) in [6.07, 6.45) is 3.13. The lowest BCUT2D eigenvalue weighted by atomic mass is 10.2. The van der Waals surface area contributed by atoms with Gasteiger partial charge in [-0.1, -0.05) is 23.7 Å². The lowest BCUT2D eigenvalue weighted by Gasteiger charge is -2.20. The SMILES string of the molecule is CN(Cc1ccc(Cl)cc1)C[C@H](O)Cn1cccn1. The van der Waals surface area contributed by atoms with Crippen LogP contribution in [0.5, 0.6) is 0 Å². The molecule has 0 spiro atoms. The van der Waals surface area contributed by atoms with E-state index in [2.05, 4.69) is 10.00 Å². The normalized spacial score (nSPS) is 12.8. The lowest BCUT2D eigenvalue weighted by molar-refractivity contribution is 0.104. The van der Waals surface area contributed by atoms with Gasteiger partial charge in [0, 0.05) is 30.5 Å². The van der Waals surface area contributed by atoms with E-state index < -0.39 is 6.10 Å². The quantitative estimate of drug-likeness (QED) is 0.880. The van der Waals surface area contributed by atoms with Gasteiger partial charge in [0.1, 0.15) is 0 Å². The zero-order chi connectivity index (χ0) is 13.7. The summed E-state index contributed by atoms with van der Waals surface area (Å²) in [4.78, 5) is 2.08. The second-order valence-electron chi connectivity index (χ2n) is 4.71. The van der Waals surface area contributed by atoms with Gasteiger partial charge < -0.3 is 5.11 Å². The highest BCUT2D eigenvalue weighted by Gasteiger charge is 2.09. The number of halogens is 1. The van der Waals surface area contributed by atoms with Crippen LogP contribution in [0.4, 0.5) is 0 Å². The number of aliphatic hydroxyl groups is 1. The summed E-state index contributed by atoms with van der Waals surface area (Å²) in [5, 5.41) is 14.8. The average molecular weight is 280 g/mol. The predicted molar refractivity (Wildman–Crippen MR) is 76.0 cm³/mol. The first-order valence-corrected chi connectivity index (χ1v) is 6.60. The summed E-state index contributed by atoms with van der Waals surface area (Å²) in [5.74, 6) is 0. The van der Waals surface area contributed by atoms with Gasteiger partial charge in [-0.05, 0) is 30.8 Å². The molecule has 0 radical (unpaired) electrons. The van der Waals surface area contributed by atoms with Crippen LogP contribution in [0, 0.1) is 0 Å². The molecule has 19 heavy (non-hydrogen) atoms. The Labute approximate surface area is 118 Å². The molecule has 4 nitrogen and oxygen atoms in total. The first kappa shape index (κ1) is 14.1. The Bertz CT molecular complexity index is 484. The summed E-state index contributed by atoms with van der Waals surface area (Å²) in [7, 11) is 1.99. The molecule has 2 aromatic rings. The molecule has 0 aliphatic rings. The van der Waals surface area contributed by atoms with Gasteiger partial charge in [0.25, 0.3) is 0 Å². The largest absolute Gasteiger partial charge is 0.390 e. The van der Waals surface area contributed by atoms with Crippen LogP contribution in [0.1, 0.15) is 5.56 Å². The maximum atomic E-state index is 9.99. The summed E-state index contributed by atoms with van der Waals surface area (Å²) < 4.78 is 1.74. The van der Waals surface area contributed by atoms with Gasteiger partial charge in [-0.25, -0.2) is 0 Å². The van der Waals surface area contributed by atoms with Crippen molar-refractivity contribution in [3.63, 3.8) is 0 Å². The van der Waals surface area contributed by atoms with Gasteiger partial charge in [0.05, 0.1) is 12.6 Å². The van der Waals surface area contributed by atoms with E-state index in [1.807, 2.05) is 43.6 Å².